The van der Waals surface area contributed by atoms with Crippen LogP contribution in [0.2, 0.25) is 0 Å². The molecule has 126 valence electrons. The fourth-order valence-electron chi connectivity index (χ4n) is 3.83. The maximum atomic E-state index is 12.4. The van der Waals surface area contributed by atoms with Gasteiger partial charge in [-0.05, 0) is 56.2 Å². The summed E-state index contributed by atoms with van der Waals surface area (Å²) >= 11 is 0. The Morgan fingerprint density at radius 3 is 2.43 bits per heavy atom. The maximum absolute atomic E-state index is 12.4. The molecule has 2 atom stereocenters. The molecule has 1 saturated carbocycles. The zero-order chi connectivity index (χ0) is 16.2. The summed E-state index contributed by atoms with van der Waals surface area (Å²) in [5.74, 6) is -0.122. The van der Waals surface area contributed by atoms with E-state index in [-0.39, 0.29) is 11.8 Å². The first-order valence-electron chi connectivity index (χ1n) is 8.92. The van der Waals surface area contributed by atoms with E-state index in [0.717, 1.165) is 37.9 Å². The Kier molecular flexibility index (Phi) is 5.21. The molecule has 1 N–H and O–H groups in total. The first-order valence-corrected chi connectivity index (χ1v) is 8.92. The molecular weight excluding hydrogens is 288 g/mol. The third-order valence-electron chi connectivity index (χ3n) is 5.25. The number of piperidine rings is 1. The Hall–Kier alpha value is -1.55. The third-order valence-corrected chi connectivity index (χ3v) is 5.25. The van der Waals surface area contributed by atoms with Gasteiger partial charge in [0.05, 0.1) is 12.0 Å². The van der Waals surface area contributed by atoms with Crippen LogP contribution in [0.15, 0.2) is 24.3 Å². The first-order chi connectivity index (χ1) is 11.1. The van der Waals surface area contributed by atoms with Crippen molar-refractivity contribution in [1.82, 2.24) is 4.90 Å². The number of amides is 1. The molecular formula is C19H28N2O2. The van der Waals surface area contributed by atoms with Crippen molar-refractivity contribution in [2.45, 2.75) is 51.2 Å². The quantitative estimate of drug-likeness (QED) is 0.929. The van der Waals surface area contributed by atoms with E-state index in [4.69, 9.17) is 0 Å². The van der Waals surface area contributed by atoms with E-state index in [1.54, 1.807) is 4.90 Å². The molecule has 23 heavy (non-hydrogen) atoms. The standard InChI is InChI=1S/C19H28N2O2/c1-20(19(23)17-6-5-7-18(17)22)14-15-8-10-16(11-9-15)21-12-3-2-4-13-21/h8-11,17-18,22H,2-7,12-14H2,1H3. The average Bonchev–Trinajstić information content (AvgIpc) is 3.01. The van der Waals surface area contributed by atoms with E-state index >= 15 is 0 Å². The van der Waals surface area contributed by atoms with Crippen LogP contribution in [0.3, 0.4) is 0 Å². The number of aliphatic hydroxyl groups excluding tert-OH is 1. The molecule has 4 nitrogen and oxygen atoms in total. The SMILES string of the molecule is CN(Cc1ccc(N2CCCCC2)cc1)C(=O)C1CCCC1O. The highest BCUT2D eigenvalue weighted by molar-refractivity contribution is 5.79. The number of rotatable bonds is 4. The van der Waals surface area contributed by atoms with Crippen molar-refractivity contribution in [3.8, 4) is 0 Å². The zero-order valence-corrected chi connectivity index (χ0v) is 14.1. The molecule has 1 heterocycles. The van der Waals surface area contributed by atoms with Gasteiger partial charge in [0.25, 0.3) is 0 Å². The molecule has 3 rings (SSSR count). The van der Waals surface area contributed by atoms with Gasteiger partial charge in [-0.3, -0.25) is 4.79 Å². The first kappa shape index (κ1) is 16.3. The second-order valence-corrected chi connectivity index (χ2v) is 7.01. The Bertz CT molecular complexity index is 523. The van der Waals surface area contributed by atoms with Gasteiger partial charge in [0.2, 0.25) is 5.91 Å². The lowest BCUT2D eigenvalue weighted by Crippen LogP contribution is -2.36. The van der Waals surface area contributed by atoms with Crippen molar-refractivity contribution < 1.29 is 9.90 Å². The van der Waals surface area contributed by atoms with E-state index < -0.39 is 6.10 Å². The third kappa shape index (κ3) is 3.86. The Labute approximate surface area is 139 Å². The molecule has 1 aromatic carbocycles. The minimum absolute atomic E-state index is 0.0788. The molecule has 1 aromatic rings. The summed E-state index contributed by atoms with van der Waals surface area (Å²) in [7, 11) is 1.84. The topological polar surface area (TPSA) is 43.8 Å². The number of hydrogen-bond donors (Lipinski definition) is 1. The van der Waals surface area contributed by atoms with E-state index in [9.17, 15) is 9.90 Å². The zero-order valence-electron chi connectivity index (χ0n) is 14.1. The monoisotopic (exact) mass is 316 g/mol. The minimum Gasteiger partial charge on any atom is -0.392 e. The number of benzene rings is 1. The largest absolute Gasteiger partial charge is 0.392 e. The van der Waals surface area contributed by atoms with Crippen molar-refractivity contribution in [2.24, 2.45) is 5.92 Å². The fourth-order valence-corrected chi connectivity index (χ4v) is 3.83. The van der Waals surface area contributed by atoms with Gasteiger partial charge in [0, 0.05) is 32.4 Å². The van der Waals surface area contributed by atoms with Crippen LogP contribution in [-0.2, 0) is 11.3 Å². The second-order valence-electron chi connectivity index (χ2n) is 7.01. The highest BCUT2D eigenvalue weighted by Gasteiger charge is 2.33. The fraction of sp³-hybridized carbons (Fsp3) is 0.632. The number of hydrogen-bond acceptors (Lipinski definition) is 3. The van der Waals surface area contributed by atoms with Crippen LogP contribution in [-0.4, -0.2) is 42.2 Å². The smallest absolute Gasteiger partial charge is 0.228 e. The lowest BCUT2D eigenvalue weighted by molar-refractivity contribution is -0.137. The Morgan fingerprint density at radius 1 is 1.13 bits per heavy atom. The normalized spacial score (nSPS) is 24.7. The number of carbonyl (C=O) groups excluding carboxylic acids is 1. The van der Waals surface area contributed by atoms with Crippen molar-refractivity contribution in [1.29, 1.82) is 0 Å². The van der Waals surface area contributed by atoms with Crippen LogP contribution >= 0.6 is 0 Å². The van der Waals surface area contributed by atoms with Crippen LogP contribution in [0.1, 0.15) is 44.1 Å². The van der Waals surface area contributed by atoms with Crippen molar-refractivity contribution in [3.05, 3.63) is 29.8 Å². The van der Waals surface area contributed by atoms with Crippen LogP contribution < -0.4 is 4.90 Å². The summed E-state index contributed by atoms with van der Waals surface area (Å²) in [6.07, 6.45) is 5.98. The summed E-state index contributed by atoms with van der Waals surface area (Å²) in [5.41, 5.74) is 2.43. The van der Waals surface area contributed by atoms with Crippen molar-refractivity contribution >= 4 is 11.6 Å². The lowest BCUT2D eigenvalue weighted by Gasteiger charge is -2.29. The summed E-state index contributed by atoms with van der Waals surface area (Å²) < 4.78 is 0. The number of aliphatic hydroxyl groups is 1. The van der Waals surface area contributed by atoms with E-state index in [2.05, 4.69) is 29.2 Å². The van der Waals surface area contributed by atoms with Crippen LogP contribution in [0.4, 0.5) is 5.69 Å². The van der Waals surface area contributed by atoms with Gasteiger partial charge >= 0.3 is 0 Å². The predicted molar refractivity (Wildman–Crippen MR) is 92.3 cm³/mol. The van der Waals surface area contributed by atoms with Crippen LogP contribution in [0, 0.1) is 5.92 Å². The molecule has 0 aromatic heterocycles. The van der Waals surface area contributed by atoms with Gasteiger partial charge < -0.3 is 14.9 Å². The molecule has 0 radical (unpaired) electrons. The van der Waals surface area contributed by atoms with Gasteiger partial charge in [-0.2, -0.15) is 0 Å². The van der Waals surface area contributed by atoms with Crippen molar-refractivity contribution in [3.63, 3.8) is 0 Å². The lowest BCUT2D eigenvalue weighted by atomic mass is 10.0. The summed E-state index contributed by atoms with van der Waals surface area (Å²) in [5, 5.41) is 9.90. The molecule has 0 spiro atoms. The number of carbonyl (C=O) groups is 1. The summed E-state index contributed by atoms with van der Waals surface area (Å²) in [6, 6.07) is 8.59. The highest BCUT2D eigenvalue weighted by atomic mass is 16.3. The van der Waals surface area contributed by atoms with E-state index in [1.165, 1.54) is 24.9 Å². The molecule has 1 amide bonds. The Balaban J connectivity index is 1.58. The molecule has 2 aliphatic rings. The van der Waals surface area contributed by atoms with Gasteiger partial charge in [-0.1, -0.05) is 12.1 Å². The molecule has 2 unspecified atom stereocenters. The number of anilines is 1. The van der Waals surface area contributed by atoms with Crippen molar-refractivity contribution in [2.75, 3.05) is 25.0 Å². The van der Waals surface area contributed by atoms with Crippen LogP contribution in [0.25, 0.3) is 0 Å². The second kappa shape index (κ2) is 7.35. The average molecular weight is 316 g/mol. The highest BCUT2D eigenvalue weighted by Crippen LogP contribution is 2.27. The van der Waals surface area contributed by atoms with E-state index in [1.807, 2.05) is 7.05 Å². The molecule has 0 bridgehead atoms. The van der Waals surface area contributed by atoms with Crippen LogP contribution in [0.5, 0.6) is 0 Å². The van der Waals surface area contributed by atoms with Gasteiger partial charge in [0.1, 0.15) is 0 Å². The van der Waals surface area contributed by atoms with Gasteiger partial charge in [-0.15, -0.1) is 0 Å². The molecule has 1 saturated heterocycles. The maximum Gasteiger partial charge on any atom is 0.228 e. The van der Waals surface area contributed by atoms with Gasteiger partial charge in [-0.25, -0.2) is 0 Å². The molecule has 4 heteroatoms. The predicted octanol–water partition coefficient (Wildman–Crippen LogP) is 2.80. The summed E-state index contributed by atoms with van der Waals surface area (Å²) in [6.45, 7) is 2.91. The molecule has 1 aliphatic heterocycles. The summed E-state index contributed by atoms with van der Waals surface area (Å²) in [4.78, 5) is 16.6. The van der Waals surface area contributed by atoms with E-state index in [0.29, 0.717) is 6.54 Å². The number of nitrogens with zero attached hydrogens (tertiary/aromatic N) is 2. The Morgan fingerprint density at radius 2 is 1.83 bits per heavy atom. The minimum atomic E-state index is -0.452. The molecule has 2 fully saturated rings. The molecule has 1 aliphatic carbocycles. The van der Waals surface area contributed by atoms with Gasteiger partial charge in [0.15, 0.2) is 0 Å².